The molecule has 0 aliphatic rings. The summed E-state index contributed by atoms with van der Waals surface area (Å²) in [7, 11) is -4.67. The van der Waals surface area contributed by atoms with Gasteiger partial charge in [0.2, 0.25) is 0 Å². The number of nitrogens with zero attached hydrogens (tertiary/aromatic N) is 3. The van der Waals surface area contributed by atoms with Crippen molar-refractivity contribution in [3.05, 3.63) is 40.8 Å². The maximum absolute atomic E-state index is 8.74. The highest BCUT2D eigenvalue weighted by molar-refractivity contribution is 7.79. The quantitative estimate of drug-likeness (QED) is 0.323. The van der Waals surface area contributed by atoms with Crippen molar-refractivity contribution in [2.45, 2.75) is 0 Å². The van der Waals surface area contributed by atoms with Crippen LogP contribution in [-0.2, 0) is 10.4 Å². The Morgan fingerprint density at radius 2 is 1.64 bits per heavy atom. The Balaban J connectivity index is 0.000000292. The third-order valence-corrected chi connectivity index (χ3v) is 0.916. The van der Waals surface area contributed by atoms with Gasteiger partial charge in [-0.2, -0.15) is 8.42 Å². The highest BCUT2D eigenvalue weighted by Crippen LogP contribution is 2.08. The predicted molar refractivity (Wildman–Crippen MR) is 49.4 cm³/mol. The summed E-state index contributed by atoms with van der Waals surface area (Å²) in [5, 5.41) is 3.39. The van der Waals surface area contributed by atoms with Crippen molar-refractivity contribution in [3.63, 3.8) is 0 Å². The normalized spacial score (nSPS) is 9.29. The molecule has 0 aromatic heterocycles. The zero-order chi connectivity index (χ0) is 11.0. The highest BCUT2D eigenvalue weighted by atomic mass is 32.3. The maximum Gasteiger partial charge on any atom is 0.394 e. The Labute approximate surface area is 80.2 Å². The minimum absolute atomic E-state index is 0.653. The van der Waals surface area contributed by atoms with Gasteiger partial charge in [-0.1, -0.05) is 35.4 Å². The van der Waals surface area contributed by atoms with Crippen LogP contribution < -0.4 is 0 Å². The average Bonchev–Trinajstić information content (AvgIpc) is 2.03. The molecule has 0 fully saturated rings. The van der Waals surface area contributed by atoms with Gasteiger partial charge in [0.05, 0.1) is 0 Å². The van der Waals surface area contributed by atoms with Gasteiger partial charge >= 0.3 is 10.4 Å². The van der Waals surface area contributed by atoms with E-state index in [2.05, 4.69) is 10.0 Å². The molecule has 0 saturated heterocycles. The molecule has 0 bridgehead atoms. The molecule has 8 heteroatoms. The molecular weight excluding hydrogens is 210 g/mol. The fourth-order valence-electron chi connectivity index (χ4n) is 0.546. The van der Waals surface area contributed by atoms with Crippen LogP contribution in [0.2, 0.25) is 0 Å². The van der Waals surface area contributed by atoms with Crippen molar-refractivity contribution in [2.24, 2.45) is 5.11 Å². The summed E-state index contributed by atoms with van der Waals surface area (Å²) in [4.78, 5) is 2.63. The van der Waals surface area contributed by atoms with Crippen LogP contribution in [0.1, 0.15) is 0 Å². The van der Waals surface area contributed by atoms with Crippen molar-refractivity contribution < 1.29 is 17.5 Å². The molecule has 1 rings (SSSR count). The minimum atomic E-state index is -4.67. The fraction of sp³-hybridized carbons (Fsp3) is 0. The van der Waals surface area contributed by atoms with Crippen molar-refractivity contribution in [2.75, 3.05) is 0 Å². The lowest BCUT2D eigenvalue weighted by molar-refractivity contribution is 0.381. The van der Waals surface area contributed by atoms with Gasteiger partial charge in [-0.3, -0.25) is 9.11 Å². The fourth-order valence-corrected chi connectivity index (χ4v) is 0.546. The van der Waals surface area contributed by atoms with Crippen LogP contribution >= 0.6 is 0 Å². The van der Waals surface area contributed by atoms with Crippen LogP contribution in [0.5, 0.6) is 0 Å². The molecule has 0 amide bonds. The van der Waals surface area contributed by atoms with Gasteiger partial charge in [0.15, 0.2) is 0 Å². The van der Waals surface area contributed by atoms with E-state index in [0.717, 1.165) is 0 Å². The lowest BCUT2D eigenvalue weighted by atomic mass is 10.3. The zero-order valence-corrected chi connectivity index (χ0v) is 7.66. The van der Waals surface area contributed by atoms with E-state index < -0.39 is 10.4 Å². The molecule has 0 spiro atoms. The Bertz CT molecular complexity index is 402. The molecule has 0 unspecified atom stereocenters. The number of benzene rings is 1. The first-order chi connectivity index (χ1) is 6.43. The van der Waals surface area contributed by atoms with Gasteiger partial charge in [-0.05, 0) is 5.53 Å². The highest BCUT2D eigenvalue weighted by Gasteiger charge is 1.84. The standard InChI is InChI=1S/C6H5N3.H2O4S/c7-9-8-6-4-2-1-3-5-6;1-5(2,3)4/h1-5H;(H2,1,2,3,4). The van der Waals surface area contributed by atoms with Gasteiger partial charge in [0, 0.05) is 10.6 Å². The summed E-state index contributed by atoms with van der Waals surface area (Å²) in [6.07, 6.45) is 0. The molecule has 0 heterocycles. The van der Waals surface area contributed by atoms with Crippen molar-refractivity contribution in [3.8, 4) is 0 Å². The summed E-state index contributed by atoms with van der Waals surface area (Å²) < 4.78 is 31.6. The maximum atomic E-state index is 8.74. The van der Waals surface area contributed by atoms with Crippen molar-refractivity contribution >= 4 is 16.1 Å². The molecule has 2 N–H and O–H groups in total. The second-order valence-corrected chi connectivity index (χ2v) is 2.87. The third-order valence-electron chi connectivity index (χ3n) is 0.916. The molecule has 76 valence electrons. The first-order valence-corrected chi connectivity index (χ1v) is 4.63. The smallest absolute Gasteiger partial charge is 0.264 e. The van der Waals surface area contributed by atoms with Crippen LogP contribution in [-0.4, -0.2) is 17.5 Å². The number of azide groups is 1. The van der Waals surface area contributed by atoms with E-state index >= 15 is 0 Å². The minimum Gasteiger partial charge on any atom is -0.264 e. The third kappa shape index (κ3) is 10.4. The lowest BCUT2D eigenvalue weighted by Gasteiger charge is -1.83. The Morgan fingerprint density at radius 3 is 2.00 bits per heavy atom. The van der Waals surface area contributed by atoms with E-state index in [4.69, 9.17) is 23.1 Å². The molecule has 14 heavy (non-hydrogen) atoms. The van der Waals surface area contributed by atoms with Crippen LogP contribution in [0.25, 0.3) is 10.4 Å². The van der Waals surface area contributed by atoms with Gasteiger partial charge in [-0.15, -0.1) is 0 Å². The molecule has 1 aromatic rings. The summed E-state index contributed by atoms with van der Waals surface area (Å²) in [6, 6.07) is 9.02. The molecule has 7 nitrogen and oxygen atoms in total. The average molecular weight is 217 g/mol. The van der Waals surface area contributed by atoms with Gasteiger partial charge in [0.25, 0.3) is 0 Å². The molecule has 0 atom stereocenters. The lowest BCUT2D eigenvalue weighted by Crippen LogP contribution is -1.89. The Hall–Kier alpha value is -1.60. The predicted octanol–water partition coefficient (Wildman–Crippen LogP) is 1.98. The zero-order valence-electron chi connectivity index (χ0n) is 6.85. The first kappa shape index (κ1) is 12.4. The molecule has 0 aliphatic heterocycles. The van der Waals surface area contributed by atoms with Crippen LogP contribution in [0.3, 0.4) is 0 Å². The number of hydrogen-bond donors (Lipinski definition) is 2. The van der Waals surface area contributed by atoms with Crippen LogP contribution in [0.15, 0.2) is 35.4 Å². The Morgan fingerprint density at radius 1 is 1.21 bits per heavy atom. The summed E-state index contributed by atoms with van der Waals surface area (Å²) in [5.74, 6) is 0. The second kappa shape index (κ2) is 5.95. The van der Waals surface area contributed by atoms with Gasteiger partial charge in [-0.25, -0.2) is 0 Å². The molecular formula is C6H7N3O4S. The van der Waals surface area contributed by atoms with E-state index in [1.54, 1.807) is 12.1 Å². The monoisotopic (exact) mass is 217 g/mol. The summed E-state index contributed by atoms with van der Waals surface area (Å²) >= 11 is 0. The topological polar surface area (TPSA) is 123 Å². The van der Waals surface area contributed by atoms with Gasteiger partial charge < -0.3 is 0 Å². The first-order valence-electron chi connectivity index (χ1n) is 3.23. The number of rotatable bonds is 1. The van der Waals surface area contributed by atoms with Crippen molar-refractivity contribution in [1.29, 1.82) is 0 Å². The Kier molecular flexibility index (Phi) is 5.27. The summed E-state index contributed by atoms with van der Waals surface area (Å²) in [6.45, 7) is 0. The van der Waals surface area contributed by atoms with E-state index in [1.165, 1.54) is 0 Å². The second-order valence-electron chi connectivity index (χ2n) is 1.97. The molecule has 0 aliphatic carbocycles. The molecule has 0 radical (unpaired) electrons. The molecule has 0 saturated carbocycles. The number of hydrogen-bond acceptors (Lipinski definition) is 3. The van der Waals surface area contributed by atoms with E-state index in [9.17, 15) is 0 Å². The van der Waals surface area contributed by atoms with Crippen LogP contribution in [0, 0.1) is 0 Å². The van der Waals surface area contributed by atoms with E-state index in [0.29, 0.717) is 5.69 Å². The van der Waals surface area contributed by atoms with Crippen molar-refractivity contribution in [1.82, 2.24) is 0 Å². The van der Waals surface area contributed by atoms with Gasteiger partial charge in [0.1, 0.15) is 0 Å². The summed E-state index contributed by atoms with van der Waals surface area (Å²) in [5.41, 5.74) is 8.63. The molecule has 1 aromatic carbocycles. The van der Waals surface area contributed by atoms with Crippen LogP contribution in [0.4, 0.5) is 5.69 Å². The SMILES string of the molecule is O=S(=O)(O)O.[N-]=[N+]=Nc1ccccc1. The largest absolute Gasteiger partial charge is 0.394 e. The van der Waals surface area contributed by atoms with E-state index in [-0.39, 0.29) is 0 Å². The van der Waals surface area contributed by atoms with E-state index in [1.807, 2.05) is 18.2 Å².